The van der Waals surface area contributed by atoms with Crippen LogP contribution in [0.2, 0.25) is 0 Å². The Morgan fingerprint density at radius 1 is 1.62 bits per heavy atom. The molecule has 0 heterocycles. The van der Waals surface area contributed by atoms with Gasteiger partial charge in [0, 0.05) is 4.47 Å². The van der Waals surface area contributed by atoms with Gasteiger partial charge in [-0.15, -0.1) is 0 Å². The average Bonchev–Trinajstić information content (AvgIpc) is 2.21. The molecule has 0 fully saturated rings. The fraction of sp³-hybridized carbons (Fsp3) is 0.200. The number of aromatic hydroxyl groups is 1. The Morgan fingerprint density at radius 3 is 2.94 bits per heavy atom. The summed E-state index contributed by atoms with van der Waals surface area (Å²) >= 11 is 4.57. The highest BCUT2D eigenvalue weighted by atomic mass is 79.9. The first-order valence-corrected chi connectivity index (χ1v) is 6.37. The maximum Gasteiger partial charge on any atom is 0.182 e. The lowest BCUT2D eigenvalue weighted by Gasteiger charge is -2.04. The Bertz CT molecular complexity index is 434. The highest BCUT2D eigenvalue weighted by molar-refractivity contribution is 9.10. The topological polar surface area (TPSA) is 82.5 Å². The highest BCUT2D eigenvalue weighted by Gasteiger charge is 2.07. The SMILES string of the molecule is CCSC(=N)N=C(N)c1cc(Br)ccc1O. The molecule has 0 radical (unpaired) electrons. The number of benzene rings is 1. The van der Waals surface area contributed by atoms with Crippen LogP contribution in [0.25, 0.3) is 0 Å². The van der Waals surface area contributed by atoms with E-state index in [1.165, 1.54) is 17.8 Å². The van der Waals surface area contributed by atoms with Crippen LogP contribution in [0.5, 0.6) is 5.75 Å². The molecule has 1 rings (SSSR count). The van der Waals surface area contributed by atoms with E-state index in [1.807, 2.05) is 6.92 Å². The second-order valence-electron chi connectivity index (χ2n) is 2.90. The molecule has 4 nitrogen and oxygen atoms in total. The molecule has 0 aliphatic heterocycles. The molecule has 1 aromatic rings. The van der Waals surface area contributed by atoms with E-state index in [-0.39, 0.29) is 16.8 Å². The third kappa shape index (κ3) is 3.53. The first-order valence-electron chi connectivity index (χ1n) is 4.59. The summed E-state index contributed by atoms with van der Waals surface area (Å²) in [6.07, 6.45) is 0. The molecule has 0 spiro atoms. The standard InChI is InChI=1S/C10H12BrN3OS/c1-2-16-10(13)14-9(12)7-5-6(11)3-4-8(7)15/h3-5,15H,2H2,1H3,(H3,12,13,14). The molecule has 0 saturated carbocycles. The second-order valence-corrected chi connectivity index (χ2v) is 5.07. The van der Waals surface area contributed by atoms with Gasteiger partial charge in [-0.25, -0.2) is 4.99 Å². The van der Waals surface area contributed by atoms with Crippen molar-refractivity contribution in [3.8, 4) is 5.75 Å². The number of rotatable bonds is 2. The van der Waals surface area contributed by atoms with Crippen LogP contribution in [-0.4, -0.2) is 21.9 Å². The van der Waals surface area contributed by atoms with Crippen molar-refractivity contribution < 1.29 is 5.11 Å². The van der Waals surface area contributed by atoms with Gasteiger partial charge >= 0.3 is 0 Å². The van der Waals surface area contributed by atoms with Crippen LogP contribution in [0.1, 0.15) is 12.5 Å². The number of phenols is 1. The van der Waals surface area contributed by atoms with Crippen molar-refractivity contribution in [1.29, 1.82) is 5.41 Å². The zero-order chi connectivity index (χ0) is 12.1. The number of nitrogens with zero attached hydrogens (tertiary/aromatic N) is 1. The first kappa shape index (κ1) is 13.1. The largest absolute Gasteiger partial charge is 0.507 e. The zero-order valence-corrected chi connectivity index (χ0v) is 11.1. The average molecular weight is 302 g/mol. The van der Waals surface area contributed by atoms with Crippen molar-refractivity contribution in [3.63, 3.8) is 0 Å². The molecule has 0 saturated heterocycles. The first-order chi connectivity index (χ1) is 7.54. The zero-order valence-electron chi connectivity index (χ0n) is 8.70. The predicted molar refractivity (Wildman–Crippen MR) is 72.4 cm³/mol. The van der Waals surface area contributed by atoms with Gasteiger partial charge in [0.15, 0.2) is 5.17 Å². The molecule has 86 valence electrons. The minimum absolute atomic E-state index is 0.0544. The molecule has 0 aromatic heterocycles. The van der Waals surface area contributed by atoms with Crippen LogP contribution in [0.3, 0.4) is 0 Å². The van der Waals surface area contributed by atoms with Gasteiger partial charge in [-0.1, -0.05) is 34.6 Å². The van der Waals surface area contributed by atoms with Gasteiger partial charge in [0.2, 0.25) is 0 Å². The van der Waals surface area contributed by atoms with Gasteiger partial charge in [-0.05, 0) is 24.0 Å². The van der Waals surface area contributed by atoms with Gasteiger partial charge in [-0.3, -0.25) is 5.41 Å². The molecular weight excluding hydrogens is 290 g/mol. The molecule has 0 atom stereocenters. The molecule has 4 N–H and O–H groups in total. The molecule has 16 heavy (non-hydrogen) atoms. The fourth-order valence-electron chi connectivity index (χ4n) is 1.05. The minimum atomic E-state index is 0.0544. The third-order valence-electron chi connectivity index (χ3n) is 1.74. The van der Waals surface area contributed by atoms with Crippen LogP contribution in [-0.2, 0) is 0 Å². The second kappa shape index (κ2) is 5.91. The number of halogens is 1. The summed E-state index contributed by atoms with van der Waals surface area (Å²) in [4.78, 5) is 3.90. The molecule has 1 aromatic carbocycles. The number of hydrogen-bond donors (Lipinski definition) is 3. The van der Waals surface area contributed by atoms with E-state index in [4.69, 9.17) is 11.1 Å². The van der Waals surface area contributed by atoms with E-state index < -0.39 is 0 Å². The van der Waals surface area contributed by atoms with Crippen LogP contribution >= 0.6 is 27.7 Å². The van der Waals surface area contributed by atoms with Crippen LogP contribution in [0, 0.1) is 5.41 Å². The Labute approximate surface area is 107 Å². The summed E-state index contributed by atoms with van der Waals surface area (Å²) in [5, 5.41) is 17.2. The number of thioether (sulfide) groups is 1. The number of hydrogen-bond acceptors (Lipinski definition) is 3. The van der Waals surface area contributed by atoms with E-state index in [0.29, 0.717) is 5.56 Å². The predicted octanol–water partition coefficient (Wildman–Crippen LogP) is 2.55. The monoisotopic (exact) mass is 301 g/mol. The molecule has 0 bridgehead atoms. The summed E-state index contributed by atoms with van der Waals surface area (Å²) in [5.74, 6) is 0.962. The highest BCUT2D eigenvalue weighted by Crippen LogP contribution is 2.21. The van der Waals surface area contributed by atoms with Gasteiger partial charge in [0.05, 0.1) is 5.56 Å². The van der Waals surface area contributed by atoms with Crippen molar-refractivity contribution in [2.75, 3.05) is 5.75 Å². The maximum atomic E-state index is 9.59. The Hall–Kier alpha value is -1.01. The Kier molecular flexibility index (Phi) is 4.82. The van der Waals surface area contributed by atoms with Gasteiger partial charge in [-0.2, -0.15) is 0 Å². The molecule has 0 amide bonds. The Balaban J connectivity index is 2.99. The number of nitrogens with one attached hydrogen (secondary N) is 1. The molecule has 0 aliphatic rings. The minimum Gasteiger partial charge on any atom is -0.507 e. The molecule has 0 unspecified atom stereocenters. The summed E-state index contributed by atoms with van der Waals surface area (Å²) < 4.78 is 0.799. The summed E-state index contributed by atoms with van der Waals surface area (Å²) in [6.45, 7) is 1.93. The lowest BCUT2D eigenvalue weighted by Crippen LogP contribution is -2.15. The van der Waals surface area contributed by atoms with Crippen molar-refractivity contribution >= 4 is 38.7 Å². The van der Waals surface area contributed by atoms with Gasteiger partial charge in [0.25, 0.3) is 0 Å². The van der Waals surface area contributed by atoms with Crippen molar-refractivity contribution in [2.24, 2.45) is 10.7 Å². The smallest absolute Gasteiger partial charge is 0.182 e. The molecule has 0 aliphatic carbocycles. The summed E-state index contributed by atoms with van der Waals surface area (Å²) in [7, 11) is 0. The number of amidine groups is 2. The summed E-state index contributed by atoms with van der Waals surface area (Å²) in [6, 6.07) is 4.90. The fourth-order valence-corrected chi connectivity index (χ4v) is 1.85. The van der Waals surface area contributed by atoms with Crippen molar-refractivity contribution in [3.05, 3.63) is 28.2 Å². The number of phenolic OH excluding ortho intramolecular Hbond substituents is 1. The maximum absolute atomic E-state index is 9.59. The summed E-state index contributed by atoms with van der Waals surface area (Å²) in [5.41, 5.74) is 6.14. The Morgan fingerprint density at radius 2 is 2.31 bits per heavy atom. The quantitative estimate of drug-likeness (QED) is 0.580. The van der Waals surface area contributed by atoms with Gasteiger partial charge in [0.1, 0.15) is 11.6 Å². The normalized spacial score (nSPS) is 11.5. The van der Waals surface area contributed by atoms with E-state index >= 15 is 0 Å². The van der Waals surface area contributed by atoms with E-state index in [9.17, 15) is 5.11 Å². The van der Waals surface area contributed by atoms with E-state index in [1.54, 1.807) is 12.1 Å². The molecule has 6 heteroatoms. The van der Waals surface area contributed by atoms with Crippen LogP contribution < -0.4 is 5.73 Å². The molecular formula is C10H12BrN3OS. The number of nitrogens with two attached hydrogens (primary N) is 1. The lowest BCUT2D eigenvalue weighted by molar-refractivity contribution is 0.474. The third-order valence-corrected chi connectivity index (χ3v) is 2.88. The number of aliphatic imine (C=N–C) groups is 1. The van der Waals surface area contributed by atoms with Crippen LogP contribution in [0.4, 0.5) is 0 Å². The van der Waals surface area contributed by atoms with Crippen molar-refractivity contribution in [1.82, 2.24) is 0 Å². The van der Waals surface area contributed by atoms with Crippen molar-refractivity contribution in [2.45, 2.75) is 6.92 Å². The van der Waals surface area contributed by atoms with E-state index in [2.05, 4.69) is 20.9 Å². The van der Waals surface area contributed by atoms with Crippen LogP contribution in [0.15, 0.2) is 27.7 Å². The lowest BCUT2D eigenvalue weighted by atomic mass is 10.2. The van der Waals surface area contributed by atoms with E-state index in [0.717, 1.165) is 10.2 Å². The van der Waals surface area contributed by atoms with Gasteiger partial charge < -0.3 is 10.8 Å².